The molecule has 0 radical (unpaired) electrons. The zero-order valence-electron chi connectivity index (χ0n) is 10.2. The second kappa shape index (κ2) is 4.81. The summed E-state index contributed by atoms with van der Waals surface area (Å²) in [6.45, 7) is 1.84. The zero-order valence-corrected chi connectivity index (χ0v) is 10.2. The number of hydrogen-bond donors (Lipinski definition) is 0. The maximum absolute atomic E-state index is 13.7. The topological polar surface area (TPSA) is 3.24 Å². The molecule has 1 heterocycles. The first-order chi connectivity index (χ1) is 8.84. The highest BCUT2D eigenvalue weighted by Gasteiger charge is 2.25. The van der Waals surface area contributed by atoms with Crippen LogP contribution in [-0.2, 0) is 0 Å². The highest BCUT2D eigenvalue weighted by molar-refractivity contribution is 5.49. The van der Waals surface area contributed by atoms with Gasteiger partial charge in [0.1, 0.15) is 5.82 Å². The van der Waals surface area contributed by atoms with Gasteiger partial charge in [-0.05, 0) is 24.1 Å². The number of nitrogens with zero attached hydrogens (tertiary/aromatic N) is 1. The van der Waals surface area contributed by atoms with E-state index in [1.165, 1.54) is 11.6 Å². The Balaban J connectivity index is 1.78. The summed E-state index contributed by atoms with van der Waals surface area (Å²) in [5.74, 6) is 0.400. The summed E-state index contributed by atoms with van der Waals surface area (Å²) in [5, 5.41) is 0. The smallest absolute Gasteiger partial charge is 0.146 e. The van der Waals surface area contributed by atoms with Crippen LogP contribution in [0.3, 0.4) is 0 Å². The lowest BCUT2D eigenvalue weighted by atomic mass is 9.99. The summed E-state index contributed by atoms with van der Waals surface area (Å²) in [5.41, 5.74) is 2.09. The van der Waals surface area contributed by atoms with Crippen LogP contribution >= 0.6 is 0 Å². The van der Waals surface area contributed by atoms with E-state index in [2.05, 4.69) is 29.2 Å². The molecule has 0 amide bonds. The number of benzene rings is 2. The molecule has 0 saturated carbocycles. The number of anilines is 1. The number of para-hydroxylation sites is 1. The number of rotatable bonds is 2. The molecule has 18 heavy (non-hydrogen) atoms. The molecular formula is C16H16FN. The van der Waals surface area contributed by atoms with Crippen LogP contribution in [-0.4, -0.2) is 13.1 Å². The largest absolute Gasteiger partial charge is 0.369 e. The Morgan fingerprint density at radius 1 is 0.944 bits per heavy atom. The second-order valence-corrected chi connectivity index (χ2v) is 4.79. The molecule has 1 saturated heterocycles. The summed E-state index contributed by atoms with van der Waals surface area (Å²) in [6.07, 6.45) is 1.10. The van der Waals surface area contributed by atoms with Gasteiger partial charge in [-0.15, -0.1) is 0 Å². The van der Waals surface area contributed by atoms with Crippen molar-refractivity contribution in [3.05, 3.63) is 66.0 Å². The molecule has 2 aromatic carbocycles. The summed E-state index contributed by atoms with van der Waals surface area (Å²) in [7, 11) is 0. The SMILES string of the molecule is Fc1ccccc1N1CCC(c2ccccc2)C1. The van der Waals surface area contributed by atoms with Crippen molar-refractivity contribution >= 4 is 5.69 Å². The Kier molecular flexibility index (Phi) is 3.01. The van der Waals surface area contributed by atoms with E-state index >= 15 is 0 Å². The van der Waals surface area contributed by atoms with Gasteiger partial charge in [0.25, 0.3) is 0 Å². The first-order valence-corrected chi connectivity index (χ1v) is 6.39. The van der Waals surface area contributed by atoms with Crippen LogP contribution in [0.15, 0.2) is 54.6 Å². The molecule has 0 aliphatic carbocycles. The summed E-state index contributed by atoms with van der Waals surface area (Å²) in [6, 6.07) is 17.5. The van der Waals surface area contributed by atoms with E-state index in [0.29, 0.717) is 5.92 Å². The monoisotopic (exact) mass is 241 g/mol. The molecule has 0 aromatic heterocycles. The molecule has 1 fully saturated rings. The van der Waals surface area contributed by atoms with Gasteiger partial charge in [-0.25, -0.2) is 4.39 Å². The fourth-order valence-electron chi connectivity index (χ4n) is 2.68. The van der Waals surface area contributed by atoms with Crippen LogP contribution in [0.2, 0.25) is 0 Å². The summed E-state index contributed by atoms with van der Waals surface area (Å²) in [4.78, 5) is 2.15. The van der Waals surface area contributed by atoms with Gasteiger partial charge >= 0.3 is 0 Å². The van der Waals surface area contributed by atoms with Crippen LogP contribution in [0.1, 0.15) is 17.9 Å². The van der Waals surface area contributed by atoms with E-state index in [1.807, 2.05) is 18.2 Å². The highest BCUT2D eigenvalue weighted by Crippen LogP contribution is 2.31. The van der Waals surface area contributed by atoms with Gasteiger partial charge in [-0.3, -0.25) is 0 Å². The average molecular weight is 241 g/mol. The van der Waals surface area contributed by atoms with E-state index in [4.69, 9.17) is 0 Å². The third-order valence-corrected chi connectivity index (χ3v) is 3.65. The molecule has 3 rings (SSSR count). The van der Waals surface area contributed by atoms with Crippen molar-refractivity contribution in [3.63, 3.8) is 0 Å². The minimum atomic E-state index is -0.119. The van der Waals surface area contributed by atoms with Gasteiger partial charge < -0.3 is 4.90 Å². The van der Waals surface area contributed by atoms with Crippen LogP contribution in [0.5, 0.6) is 0 Å². The van der Waals surface area contributed by atoms with E-state index < -0.39 is 0 Å². The Hall–Kier alpha value is -1.83. The molecule has 1 unspecified atom stereocenters. The molecule has 92 valence electrons. The molecular weight excluding hydrogens is 225 g/mol. The molecule has 1 nitrogen and oxygen atoms in total. The molecule has 0 N–H and O–H groups in total. The Morgan fingerprint density at radius 3 is 2.44 bits per heavy atom. The first-order valence-electron chi connectivity index (χ1n) is 6.39. The highest BCUT2D eigenvalue weighted by atomic mass is 19.1. The molecule has 2 aromatic rings. The Bertz CT molecular complexity index is 524. The predicted molar refractivity (Wildman–Crippen MR) is 72.4 cm³/mol. The normalized spacial score (nSPS) is 19.2. The van der Waals surface area contributed by atoms with Crippen molar-refractivity contribution < 1.29 is 4.39 Å². The Labute approximate surface area is 107 Å². The van der Waals surface area contributed by atoms with Crippen LogP contribution in [0.25, 0.3) is 0 Å². The lowest BCUT2D eigenvalue weighted by molar-refractivity contribution is 0.622. The standard InChI is InChI=1S/C16H16FN/c17-15-8-4-5-9-16(15)18-11-10-14(12-18)13-6-2-1-3-7-13/h1-9,14H,10-12H2. The van der Waals surface area contributed by atoms with Crippen molar-refractivity contribution in [2.75, 3.05) is 18.0 Å². The molecule has 0 spiro atoms. The molecule has 1 atom stereocenters. The third-order valence-electron chi connectivity index (χ3n) is 3.65. The quantitative estimate of drug-likeness (QED) is 0.772. The van der Waals surface area contributed by atoms with E-state index in [1.54, 1.807) is 6.07 Å². The second-order valence-electron chi connectivity index (χ2n) is 4.79. The Morgan fingerprint density at radius 2 is 1.67 bits per heavy atom. The molecule has 1 aliphatic rings. The predicted octanol–water partition coefficient (Wildman–Crippen LogP) is 3.82. The lowest BCUT2D eigenvalue weighted by Gasteiger charge is -2.19. The minimum absolute atomic E-state index is 0.119. The molecule has 1 aliphatic heterocycles. The van der Waals surface area contributed by atoms with E-state index in [0.717, 1.165) is 25.2 Å². The van der Waals surface area contributed by atoms with Crippen molar-refractivity contribution in [2.24, 2.45) is 0 Å². The van der Waals surface area contributed by atoms with Crippen molar-refractivity contribution in [2.45, 2.75) is 12.3 Å². The van der Waals surface area contributed by atoms with Crippen molar-refractivity contribution in [3.8, 4) is 0 Å². The lowest BCUT2D eigenvalue weighted by Crippen LogP contribution is -2.20. The van der Waals surface area contributed by atoms with Crippen LogP contribution in [0.4, 0.5) is 10.1 Å². The maximum atomic E-state index is 13.7. The number of halogens is 1. The molecule has 0 bridgehead atoms. The van der Waals surface area contributed by atoms with Crippen LogP contribution < -0.4 is 4.90 Å². The van der Waals surface area contributed by atoms with E-state index in [9.17, 15) is 4.39 Å². The number of hydrogen-bond acceptors (Lipinski definition) is 1. The average Bonchev–Trinajstić information content (AvgIpc) is 2.90. The van der Waals surface area contributed by atoms with Gasteiger partial charge in [0.05, 0.1) is 5.69 Å². The maximum Gasteiger partial charge on any atom is 0.146 e. The van der Waals surface area contributed by atoms with Crippen LogP contribution in [0, 0.1) is 5.82 Å². The van der Waals surface area contributed by atoms with Gasteiger partial charge in [0.15, 0.2) is 0 Å². The zero-order chi connectivity index (χ0) is 12.4. The van der Waals surface area contributed by atoms with E-state index in [-0.39, 0.29) is 5.82 Å². The van der Waals surface area contributed by atoms with Gasteiger partial charge in [0, 0.05) is 19.0 Å². The first kappa shape index (κ1) is 11.3. The van der Waals surface area contributed by atoms with Gasteiger partial charge in [0.2, 0.25) is 0 Å². The summed E-state index contributed by atoms with van der Waals surface area (Å²) < 4.78 is 13.7. The molecule has 2 heteroatoms. The van der Waals surface area contributed by atoms with Crippen molar-refractivity contribution in [1.29, 1.82) is 0 Å². The van der Waals surface area contributed by atoms with Gasteiger partial charge in [-0.1, -0.05) is 42.5 Å². The fourth-order valence-corrected chi connectivity index (χ4v) is 2.68. The fraction of sp³-hybridized carbons (Fsp3) is 0.250. The summed E-state index contributed by atoms with van der Waals surface area (Å²) >= 11 is 0. The minimum Gasteiger partial charge on any atom is -0.369 e. The van der Waals surface area contributed by atoms with Crippen molar-refractivity contribution in [1.82, 2.24) is 0 Å². The van der Waals surface area contributed by atoms with Gasteiger partial charge in [-0.2, -0.15) is 0 Å². The third kappa shape index (κ3) is 2.10.